The van der Waals surface area contributed by atoms with Gasteiger partial charge in [-0.15, -0.1) is 0 Å². The summed E-state index contributed by atoms with van der Waals surface area (Å²) in [5.74, 6) is -1.70. The van der Waals surface area contributed by atoms with Gasteiger partial charge in [-0.25, -0.2) is 8.42 Å². The van der Waals surface area contributed by atoms with Crippen molar-refractivity contribution in [2.45, 2.75) is 24.2 Å². The molecule has 0 aliphatic carbocycles. The lowest BCUT2D eigenvalue weighted by atomic mass is 10.2. The Morgan fingerprint density at radius 2 is 1.92 bits per heavy atom. The number of carbonyl (C=O) groups excluding carboxylic acids is 1. The van der Waals surface area contributed by atoms with Crippen LogP contribution in [0, 0.1) is 0 Å². The normalized spacial score (nSPS) is 15.8. The lowest BCUT2D eigenvalue weighted by Gasteiger charge is -2.25. The van der Waals surface area contributed by atoms with Crippen molar-refractivity contribution < 1.29 is 27.9 Å². The average Bonchev–Trinajstić information content (AvgIpc) is 3.01. The molecule has 26 heavy (non-hydrogen) atoms. The maximum atomic E-state index is 12.8. The number of carboxylic acids is 1. The first kappa shape index (κ1) is 20.4. The molecular formula is C16H25N3O6S. The maximum absolute atomic E-state index is 12.8. The molecule has 2 rings (SSSR count). The molecule has 1 aliphatic rings. The summed E-state index contributed by atoms with van der Waals surface area (Å²) in [6, 6.07) is 1.31. The minimum absolute atomic E-state index is 0.0484. The van der Waals surface area contributed by atoms with Gasteiger partial charge in [0.2, 0.25) is 10.0 Å². The van der Waals surface area contributed by atoms with Crippen LogP contribution >= 0.6 is 0 Å². The van der Waals surface area contributed by atoms with Gasteiger partial charge in [-0.3, -0.25) is 9.59 Å². The summed E-state index contributed by atoms with van der Waals surface area (Å²) in [5, 5.41) is 9.01. The monoisotopic (exact) mass is 387 g/mol. The molecule has 1 saturated heterocycles. The second-order valence-corrected chi connectivity index (χ2v) is 8.19. The van der Waals surface area contributed by atoms with E-state index in [0.29, 0.717) is 13.1 Å². The number of carbonyl (C=O) groups is 2. The van der Waals surface area contributed by atoms with Crippen LogP contribution < -0.4 is 0 Å². The number of nitrogens with zero attached hydrogens (tertiary/aromatic N) is 3. The van der Waals surface area contributed by atoms with E-state index in [1.165, 1.54) is 28.2 Å². The van der Waals surface area contributed by atoms with Crippen molar-refractivity contribution in [3.05, 3.63) is 18.0 Å². The third kappa shape index (κ3) is 4.63. The molecule has 146 valence electrons. The molecule has 0 radical (unpaired) electrons. The van der Waals surface area contributed by atoms with E-state index in [1.54, 1.807) is 7.05 Å². The highest BCUT2D eigenvalue weighted by molar-refractivity contribution is 7.89. The van der Waals surface area contributed by atoms with Gasteiger partial charge in [-0.05, 0) is 18.9 Å². The Hall–Kier alpha value is -1.91. The van der Waals surface area contributed by atoms with E-state index in [1.807, 2.05) is 0 Å². The molecule has 1 aromatic heterocycles. The fourth-order valence-corrected chi connectivity index (χ4v) is 4.51. The third-order valence-electron chi connectivity index (χ3n) is 4.33. The molecule has 9 nitrogen and oxygen atoms in total. The number of amides is 1. The summed E-state index contributed by atoms with van der Waals surface area (Å²) in [5.41, 5.74) is 0.123. The Bertz CT molecular complexity index is 752. The van der Waals surface area contributed by atoms with Gasteiger partial charge in [0.15, 0.2) is 0 Å². The number of rotatable bonds is 8. The largest absolute Gasteiger partial charge is 0.480 e. The molecule has 10 heteroatoms. The predicted molar refractivity (Wildman–Crippen MR) is 93.4 cm³/mol. The Morgan fingerprint density at radius 1 is 1.27 bits per heavy atom. The number of aromatic nitrogens is 1. The van der Waals surface area contributed by atoms with E-state index >= 15 is 0 Å². The number of carboxylic acid groups (broad SMARTS) is 1. The topological polar surface area (TPSA) is 109 Å². The number of piperidine rings is 1. The van der Waals surface area contributed by atoms with E-state index in [9.17, 15) is 18.0 Å². The molecule has 1 fully saturated rings. The van der Waals surface area contributed by atoms with Crippen LogP contribution in [0.3, 0.4) is 0 Å². The van der Waals surface area contributed by atoms with Crippen LogP contribution in [0.25, 0.3) is 0 Å². The van der Waals surface area contributed by atoms with E-state index in [0.717, 1.165) is 24.2 Å². The molecule has 0 saturated carbocycles. The van der Waals surface area contributed by atoms with E-state index in [4.69, 9.17) is 9.84 Å². The number of sulfonamides is 1. The van der Waals surface area contributed by atoms with Crippen molar-refractivity contribution in [2.24, 2.45) is 7.05 Å². The second kappa shape index (κ2) is 8.65. The summed E-state index contributed by atoms with van der Waals surface area (Å²) in [6.07, 6.45) is 4.04. The van der Waals surface area contributed by atoms with E-state index in [-0.39, 0.29) is 23.7 Å². The quantitative estimate of drug-likeness (QED) is 0.690. The van der Waals surface area contributed by atoms with Gasteiger partial charge in [-0.1, -0.05) is 6.42 Å². The average molecular weight is 387 g/mol. The van der Waals surface area contributed by atoms with E-state index < -0.39 is 28.4 Å². The standard InChI is InChI=1S/C16H25N3O6S/c1-17-11-13(26(23,24)19-6-4-3-5-7-19)10-14(17)16(22)18(8-9-25-2)12-15(20)21/h10-11H,3-9,12H2,1-2H3,(H,20,21). The molecule has 0 unspecified atom stereocenters. The SMILES string of the molecule is COCCN(CC(=O)O)C(=O)c1cc(S(=O)(=O)N2CCCCC2)cn1C. The Morgan fingerprint density at radius 3 is 2.50 bits per heavy atom. The van der Waals surface area contributed by atoms with Gasteiger partial charge >= 0.3 is 5.97 Å². The Labute approximate surface area is 153 Å². The van der Waals surface area contributed by atoms with Crippen molar-refractivity contribution in [3.8, 4) is 0 Å². The van der Waals surface area contributed by atoms with Crippen molar-refractivity contribution in [1.29, 1.82) is 0 Å². The van der Waals surface area contributed by atoms with Gasteiger partial charge in [0.1, 0.15) is 17.1 Å². The first-order valence-electron chi connectivity index (χ1n) is 8.44. The molecule has 0 aromatic carbocycles. The summed E-state index contributed by atoms with van der Waals surface area (Å²) in [7, 11) is -0.641. The van der Waals surface area contributed by atoms with Crippen LogP contribution in [0.5, 0.6) is 0 Å². The smallest absolute Gasteiger partial charge is 0.323 e. The van der Waals surface area contributed by atoms with E-state index in [2.05, 4.69) is 0 Å². The fraction of sp³-hybridized carbons (Fsp3) is 0.625. The van der Waals surface area contributed by atoms with Crippen LogP contribution in [0.2, 0.25) is 0 Å². The van der Waals surface area contributed by atoms with Gasteiger partial charge in [0.05, 0.1) is 6.61 Å². The predicted octanol–water partition coefficient (Wildman–Crippen LogP) is 0.373. The maximum Gasteiger partial charge on any atom is 0.323 e. The Balaban J connectivity index is 2.27. The minimum Gasteiger partial charge on any atom is -0.480 e. The summed E-state index contributed by atoms with van der Waals surface area (Å²) < 4.78 is 33.3. The number of hydrogen-bond donors (Lipinski definition) is 1. The summed E-state index contributed by atoms with van der Waals surface area (Å²) in [4.78, 5) is 24.9. The number of ether oxygens (including phenoxy) is 1. The first-order chi connectivity index (χ1) is 12.3. The van der Waals surface area contributed by atoms with Crippen LogP contribution in [-0.4, -0.2) is 79.1 Å². The van der Waals surface area contributed by atoms with Gasteiger partial charge < -0.3 is 19.3 Å². The summed E-state index contributed by atoms with van der Waals surface area (Å²) in [6.45, 7) is 0.740. The molecule has 2 heterocycles. The zero-order valence-corrected chi connectivity index (χ0v) is 15.9. The molecule has 0 atom stereocenters. The van der Waals surface area contributed by atoms with Crippen LogP contribution in [0.15, 0.2) is 17.2 Å². The lowest BCUT2D eigenvalue weighted by molar-refractivity contribution is -0.137. The number of methoxy groups -OCH3 is 1. The van der Waals surface area contributed by atoms with Gasteiger partial charge in [0, 0.05) is 40.0 Å². The van der Waals surface area contributed by atoms with Crippen LogP contribution in [-0.2, 0) is 26.6 Å². The van der Waals surface area contributed by atoms with Gasteiger partial charge in [0.25, 0.3) is 5.91 Å². The van der Waals surface area contributed by atoms with Crippen molar-refractivity contribution in [2.75, 3.05) is 39.9 Å². The number of hydrogen-bond acceptors (Lipinski definition) is 5. The Kier molecular flexibility index (Phi) is 6.79. The molecule has 0 spiro atoms. The highest BCUT2D eigenvalue weighted by Crippen LogP contribution is 2.22. The zero-order chi connectivity index (χ0) is 19.3. The molecule has 1 amide bonds. The van der Waals surface area contributed by atoms with Crippen molar-refractivity contribution in [1.82, 2.24) is 13.8 Å². The van der Waals surface area contributed by atoms with Crippen LogP contribution in [0.1, 0.15) is 29.8 Å². The molecule has 1 aliphatic heterocycles. The highest BCUT2D eigenvalue weighted by atomic mass is 32.2. The molecular weight excluding hydrogens is 362 g/mol. The fourth-order valence-electron chi connectivity index (χ4n) is 2.92. The van der Waals surface area contributed by atoms with Crippen molar-refractivity contribution in [3.63, 3.8) is 0 Å². The van der Waals surface area contributed by atoms with Gasteiger partial charge in [-0.2, -0.15) is 4.31 Å². The second-order valence-electron chi connectivity index (χ2n) is 6.25. The summed E-state index contributed by atoms with van der Waals surface area (Å²) >= 11 is 0. The highest BCUT2D eigenvalue weighted by Gasteiger charge is 2.29. The lowest BCUT2D eigenvalue weighted by Crippen LogP contribution is -2.38. The first-order valence-corrected chi connectivity index (χ1v) is 9.88. The minimum atomic E-state index is -3.66. The van der Waals surface area contributed by atoms with Crippen molar-refractivity contribution >= 4 is 21.9 Å². The zero-order valence-electron chi connectivity index (χ0n) is 15.0. The number of aliphatic carboxylic acids is 1. The third-order valence-corrected chi connectivity index (χ3v) is 6.19. The number of aryl methyl sites for hydroxylation is 1. The molecule has 0 bridgehead atoms. The molecule has 1 aromatic rings. The van der Waals surface area contributed by atoms with Crippen LogP contribution in [0.4, 0.5) is 0 Å². The molecule has 1 N–H and O–H groups in total.